The molecule has 0 radical (unpaired) electrons. The molecule has 1 heterocycles. The van der Waals surface area contributed by atoms with Gasteiger partial charge in [-0.05, 0) is 24.5 Å². The molecule has 5 N–H and O–H groups in total. The van der Waals surface area contributed by atoms with Crippen LogP contribution in [0.1, 0.15) is 12.0 Å². The van der Waals surface area contributed by atoms with E-state index in [-0.39, 0.29) is 0 Å². The Labute approximate surface area is 81.7 Å². The van der Waals surface area contributed by atoms with E-state index in [1.165, 1.54) is 0 Å². The molecule has 1 aromatic rings. The van der Waals surface area contributed by atoms with Gasteiger partial charge < -0.3 is 16.6 Å². The van der Waals surface area contributed by atoms with Crippen LogP contribution in [0.4, 0.5) is 5.82 Å². The molecule has 1 aromatic heterocycles. The number of pyridine rings is 1. The molecule has 0 aliphatic heterocycles. The topological polar surface area (TPSA) is 102 Å². The summed E-state index contributed by atoms with van der Waals surface area (Å²) >= 11 is 0. The predicted molar refractivity (Wildman–Crippen MR) is 52.6 cm³/mol. The Hall–Kier alpha value is -1.62. The normalized spacial score (nSPS) is 12.4. The third-order valence-electron chi connectivity index (χ3n) is 1.91. The Morgan fingerprint density at radius 3 is 2.79 bits per heavy atom. The predicted octanol–water partition coefficient (Wildman–Crippen LogP) is 0.00830. The number of nitrogens with two attached hydrogens (primary N) is 2. The van der Waals surface area contributed by atoms with Crippen molar-refractivity contribution >= 4 is 11.8 Å². The van der Waals surface area contributed by atoms with Crippen LogP contribution in [0.15, 0.2) is 18.3 Å². The van der Waals surface area contributed by atoms with Crippen LogP contribution in [0.5, 0.6) is 0 Å². The molecular formula is C9H13N3O2. The first-order valence-electron chi connectivity index (χ1n) is 4.28. The Morgan fingerprint density at radius 2 is 2.29 bits per heavy atom. The van der Waals surface area contributed by atoms with Crippen LogP contribution in [-0.4, -0.2) is 22.1 Å². The first kappa shape index (κ1) is 10.5. The van der Waals surface area contributed by atoms with Crippen LogP contribution in [0.25, 0.3) is 0 Å². The molecule has 14 heavy (non-hydrogen) atoms. The number of carboxylic acids is 1. The molecule has 1 rings (SSSR count). The zero-order chi connectivity index (χ0) is 10.6. The summed E-state index contributed by atoms with van der Waals surface area (Å²) in [6.07, 6.45) is 2.63. The van der Waals surface area contributed by atoms with Gasteiger partial charge in [-0.15, -0.1) is 0 Å². The summed E-state index contributed by atoms with van der Waals surface area (Å²) in [5.41, 5.74) is 11.7. The number of hydrogen-bond donors (Lipinski definition) is 3. The minimum absolute atomic E-state index is 0.404. The summed E-state index contributed by atoms with van der Waals surface area (Å²) in [5.74, 6) is -0.523. The van der Waals surface area contributed by atoms with Crippen molar-refractivity contribution in [2.45, 2.75) is 18.9 Å². The van der Waals surface area contributed by atoms with Gasteiger partial charge in [0, 0.05) is 6.20 Å². The second kappa shape index (κ2) is 4.57. The van der Waals surface area contributed by atoms with Gasteiger partial charge in [0.2, 0.25) is 0 Å². The van der Waals surface area contributed by atoms with Gasteiger partial charge in [-0.25, -0.2) is 4.98 Å². The molecule has 0 unspecified atom stereocenters. The van der Waals surface area contributed by atoms with Gasteiger partial charge in [-0.2, -0.15) is 0 Å². The number of nitrogens with zero attached hydrogens (tertiary/aromatic N) is 1. The van der Waals surface area contributed by atoms with Crippen LogP contribution in [0, 0.1) is 0 Å². The number of nitrogen functional groups attached to an aromatic ring is 1. The number of aliphatic carboxylic acids is 1. The standard InChI is InChI=1S/C9H13N3O2/c10-7(9(13)14)3-1-6-2-4-8(11)12-5-6/h2,4-5,7H,1,3,10H2,(H2,11,12)(H,13,14)/t7-/m0/s1. The molecule has 0 aliphatic carbocycles. The first-order chi connectivity index (χ1) is 6.59. The lowest BCUT2D eigenvalue weighted by molar-refractivity contribution is -0.138. The Balaban J connectivity index is 2.46. The van der Waals surface area contributed by atoms with Gasteiger partial charge in [0.1, 0.15) is 11.9 Å². The second-order valence-corrected chi connectivity index (χ2v) is 3.07. The monoisotopic (exact) mass is 195 g/mol. The fraction of sp³-hybridized carbons (Fsp3) is 0.333. The van der Waals surface area contributed by atoms with E-state index in [2.05, 4.69) is 4.98 Å². The highest BCUT2D eigenvalue weighted by Gasteiger charge is 2.10. The fourth-order valence-corrected chi connectivity index (χ4v) is 1.03. The lowest BCUT2D eigenvalue weighted by Gasteiger charge is -2.05. The number of rotatable bonds is 4. The first-order valence-corrected chi connectivity index (χ1v) is 4.28. The molecule has 0 amide bonds. The van der Waals surface area contributed by atoms with E-state index in [4.69, 9.17) is 16.6 Å². The summed E-state index contributed by atoms with van der Waals surface area (Å²) in [6, 6.07) is 2.69. The van der Waals surface area contributed by atoms with Crippen molar-refractivity contribution in [1.82, 2.24) is 4.98 Å². The van der Waals surface area contributed by atoms with Crippen molar-refractivity contribution < 1.29 is 9.90 Å². The zero-order valence-electron chi connectivity index (χ0n) is 7.68. The fourth-order valence-electron chi connectivity index (χ4n) is 1.03. The maximum absolute atomic E-state index is 10.4. The van der Waals surface area contributed by atoms with Gasteiger partial charge in [0.25, 0.3) is 0 Å². The quantitative estimate of drug-likeness (QED) is 0.628. The SMILES string of the molecule is Nc1ccc(CC[C@H](N)C(=O)O)cn1. The number of hydrogen-bond acceptors (Lipinski definition) is 4. The van der Waals surface area contributed by atoms with Crippen molar-refractivity contribution in [3.63, 3.8) is 0 Å². The van der Waals surface area contributed by atoms with Crippen molar-refractivity contribution in [2.75, 3.05) is 5.73 Å². The average Bonchev–Trinajstić information content (AvgIpc) is 2.16. The van der Waals surface area contributed by atoms with Crippen LogP contribution >= 0.6 is 0 Å². The zero-order valence-corrected chi connectivity index (χ0v) is 7.68. The second-order valence-electron chi connectivity index (χ2n) is 3.07. The molecule has 0 bridgehead atoms. The van der Waals surface area contributed by atoms with Gasteiger partial charge in [-0.3, -0.25) is 4.79 Å². The molecule has 0 fully saturated rings. The molecule has 0 spiro atoms. The van der Waals surface area contributed by atoms with Crippen LogP contribution in [-0.2, 0) is 11.2 Å². The van der Waals surface area contributed by atoms with Crippen LogP contribution in [0.2, 0.25) is 0 Å². The van der Waals surface area contributed by atoms with Crippen LogP contribution < -0.4 is 11.5 Å². The minimum atomic E-state index is -0.978. The van der Waals surface area contributed by atoms with E-state index in [1.807, 2.05) is 6.07 Å². The molecule has 5 heteroatoms. The van der Waals surface area contributed by atoms with Crippen molar-refractivity contribution in [2.24, 2.45) is 5.73 Å². The maximum Gasteiger partial charge on any atom is 0.320 e. The minimum Gasteiger partial charge on any atom is -0.480 e. The third-order valence-corrected chi connectivity index (χ3v) is 1.91. The van der Waals surface area contributed by atoms with E-state index in [0.29, 0.717) is 18.7 Å². The molecule has 76 valence electrons. The van der Waals surface area contributed by atoms with Crippen molar-refractivity contribution in [3.05, 3.63) is 23.9 Å². The summed E-state index contributed by atoms with van der Waals surface area (Å²) in [5, 5.41) is 8.54. The molecule has 5 nitrogen and oxygen atoms in total. The maximum atomic E-state index is 10.4. The van der Waals surface area contributed by atoms with E-state index in [9.17, 15) is 4.79 Å². The summed E-state index contributed by atoms with van der Waals surface area (Å²) in [7, 11) is 0. The Bertz CT molecular complexity index is 310. The van der Waals surface area contributed by atoms with E-state index in [0.717, 1.165) is 5.56 Å². The van der Waals surface area contributed by atoms with Gasteiger partial charge >= 0.3 is 5.97 Å². The molecule has 0 aliphatic rings. The van der Waals surface area contributed by atoms with Crippen molar-refractivity contribution in [1.29, 1.82) is 0 Å². The lowest BCUT2D eigenvalue weighted by atomic mass is 10.1. The smallest absolute Gasteiger partial charge is 0.320 e. The van der Waals surface area contributed by atoms with E-state index >= 15 is 0 Å². The lowest BCUT2D eigenvalue weighted by Crippen LogP contribution is -2.30. The van der Waals surface area contributed by atoms with Gasteiger partial charge in [0.15, 0.2) is 0 Å². The number of aromatic nitrogens is 1. The van der Waals surface area contributed by atoms with E-state index < -0.39 is 12.0 Å². The molecule has 0 saturated heterocycles. The molecule has 1 atom stereocenters. The van der Waals surface area contributed by atoms with Gasteiger partial charge in [0.05, 0.1) is 0 Å². The summed E-state index contributed by atoms with van der Waals surface area (Å²) in [6.45, 7) is 0. The number of carbonyl (C=O) groups is 1. The van der Waals surface area contributed by atoms with E-state index in [1.54, 1.807) is 12.3 Å². The number of anilines is 1. The Morgan fingerprint density at radius 1 is 1.57 bits per heavy atom. The molecular weight excluding hydrogens is 182 g/mol. The third kappa shape index (κ3) is 3.02. The number of carboxylic acid groups (broad SMARTS) is 1. The summed E-state index contributed by atoms with van der Waals surface area (Å²) < 4.78 is 0. The highest BCUT2D eigenvalue weighted by molar-refractivity contribution is 5.73. The van der Waals surface area contributed by atoms with Gasteiger partial charge in [-0.1, -0.05) is 6.07 Å². The highest BCUT2D eigenvalue weighted by Crippen LogP contribution is 2.05. The highest BCUT2D eigenvalue weighted by atomic mass is 16.4. The average molecular weight is 195 g/mol. The molecule has 0 saturated carbocycles. The largest absolute Gasteiger partial charge is 0.480 e. The Kier molecular flexibility index (Phi) is 3.41. The van der Waals surface area contributed by atoms with Crippen LogP contribution in [0.3, 0.4) is 0 Å². The number of aryl methyl sites for hydroxylation is 1. The summed E-state index contributed by atoms with van der Waals surface area (Å²) in [4.78, 5) is 14.3. The van der Waals surface area contributed by atoms with Crippen molar-refractivity contribution in [3.8, 4) is 0 Å². The molecule has 0 aromatic carbocycles.